The third-order valence-electron chi connectivity index (χ3n) is 5.44. The Balaban J connectivity index is 1.62. The molecule has 7 nitrogen and oxygen atoms in total. The summed E-state index contributed by atoms with van der Waals surface area (Å²) in [5.74, 6) is 0.350. The quantitative estimate of drug-likeness (QED) is 0.667. The van der Waals surface area contributed by atoms with Gasteiger partial charge >= 0.3 is 0 Å². The highest BCUT2D eigenvalue weighted by molar-refractivity contribution is 7.91. The maximum atomic E-state index is 12.8. The number of carbonyl (C=O) groups is 1. The van der Waals surface area contributed by atoms with E-state index in [1.807, 2.05) is 38.4 Å². The summed E-state index contributed by atoms with van der Waals surface area (Å²) < 4.78 is 32.6. The molecule has 0 radical (unpaired) electrons. The fourth-order valence-corrected chi connectivity index (χ4v) is 6.35. The second kappa shape index (κ2) is 9.91. The molecule has 0 saturated carbocycles. The van der Waals surface area contributed by atoms with Crippen molar-refractivity contribution in [2.24, 2.45) is 5.92 Å². The van der Waals surface area contributed by atoms with E-state index in [9.17, 15) is 13.2 Å². The van der Waals surface area contributed by atoms with E-state index in [-0.39, 0.29) is 24.4 Å². The molecule has 2 heterocycles. The number of thiophene rings is 1. The van der Waals surface area contributed by atoms with Crippen LogP contribution in [-0.2, 0) is 14.8 Å². The van der Waals surface area contributed by atoms with Gasteiger partial charge in [0.15, 0.2) is 0 Å². The van der Waals surface area contributed by atoms with Crippen LogP contribution in [0.4, 0.5) is 0 Å². The molecular weight excluding hydrogens is 422 g/mol. The lowest BCUT2D eigenvalue weighted by Crippen LogP contribution is -2.46. The highest BCUT2D eigenvalue weighted by Gasteiger charge is 2.34. The van der Waals surface area contributed by atoms with Crippen molar-refractivity contribution in [2.75, 3.05) is 40.8 Å². The number of piperidine rings is 1. The standard InChI is InChI=1S/C21H29N3O4S2/c1-23(2)19(16-8-10-18(28-3)11-9-16)14-22-21(25)17-6-4-12-24(15-17)30(26,27)20-7-5-13-29-20/h5,7-11,13,17,19H,4,6,12,14-15H2,1-3H3,(H,22,25). The zero-order chi connectivity index (χ0) is 21.7. The lowest BCUT2D eigenvalue weighted by Gasteiger charge is -2.32. The Kier molecular flexibility index (Phi) is 7.51. The van der Waals surface area contributed by atoms with Crippen LogP contribution in [0.5, 0.6) is 5.75 Å². The van der Waals surface area contributed by atoms with E-state index in [0.29, 0.717) is 30.1 Å². The van der Waals surface area contributed by atoms with E-state index in [1.54, 1.807) is 24.6 Å². The van der Waals surface area contributed by atoms with Crippen molar-refractivity contribution < 1.29 is 17.9 Å². The molecule has 30 heavy (non-hydrogen) atoms. The summed E-state index contributed by atoms with van der Waals surface area (Å²) in [7, 11) is 2.04. The maximum absolute atomic E-state index is 12.8. The van der Waals surface area contributed by atoms with Crippen LogP contribution in [0.3, 0.4) is 0 Å². The lowest BCUT2D eigenvalue weighted by molar-refractivity contribution is -0.126. The molecule has 1 saturated heterocycles. The average molecular weight is 452 g/mol. The summed E-state index contributed by atoms with van der Waals surface area (Å²) in [6, 6.07) is 11.1. The summed E-state index contributed by atoms with van der Waals surface area (Å²) in [5, 5.41) is 4.79. The number of methoxy groups -OCH3 is 1. The zero-order valence-corrected chi connectivity index (χ0v) is 19.2. The van der Waals surface area contributed by atoms with Gasteiger partial charge in [-0.1, -0.05) is 18.2 Å². The van der Waals surface area contributed by atoms with Crippen LogP contribution < -0.4 is 10.1 Å². The van der Waals surface area contributed by atoms with E-state index < -0.39 is 10.0 Å². The Morgan fingerprint density at radius 2 is 2.03 bits per heavy atom. The Hall–Kier alpha value is -1.94. The number of nitrogens with zero attached hydrogens (tertiary/aromatic N) is 2. The number of benzene rings is 1. The number of nitrogens with one attached hydrogen (secondary N) is 1. The molecule has 3 rings (SSSR count). The molecule has 1 N–H and O–H groups in total. The largest absolute Gasteiger partial charge is 0.497 e. The minimum atomic E-state index is -3.53. The van der Waals surface area contributed by atoms with Crippen molar-refractivity contribution in [3.8, 4) is 5.75 Å². The van der Waals surface area contributed by atoms with E-state index in [0.717, 1.165) is 11.3 Å². The highest BCUT2D eigenvalue weighted by Crippen LogP contribution is 2.27. The van der Waals surface area contributed by atoms with Crippen LogP contribution in [-0.4, -0.2) is 64.4 Å². The SMILES string of the molecule is COc1ccc(C(CNC(=O)C2CCCN(S(=O)(=O)c3cccs3)C2)N(C)C)cc1. The average Bonchev–Trinajstić information content (AvgIpc) is 3.30. The smallest absolute Gasteiger partial charge is 0.252 e. The van der Waals surface area contributed by atoms with Gasteiger partial charge in [0.1, 0.15) is 9.96 Å². The van der Waals surface area contributed by atoms with Gasteiger partial charge in [0.25, 0.3) is 10.0 Å². The minimum absolute atomic E-state index is 0.00870. The topological polar surface area (TPSA) is 79.0 Å². The molecule has 2 aromatic rings. The lowest BCUT2D eigenvalue weighted by atomic mass is 9.98. The number of carbonyl (C=O) groups excluding carboxylic acids is 1. The maximum Gasteiger partial charge on any atom is 0.252 e. The first-order valence-electron chi connectivity index (χ1n) is 9.94. The van der Waals surface area contributed by atoms with Gasteiger partial charge in [-0.3, -0.25) is 4.79 Å². The number of hydrogen-bond acceptors (Lipinski definition) is 6. The fraction of sp³-hybridized carbons (Fsp3) is 0.476. The number of amides is 1. The van der Waals surface area contributed by atoms with Crippen LogP contribution in [0, 0.1) is 5.92 Å². The molecule has 1 aromatic heterocycles. The normalized spacial score (nSPS) is 18.9. The van der Waals surface area contributed by atoms with Gasteiger partial charge < -0.3 is 15.0 Å². The Morgan fingerprint density at radius 1 is 1.30 bits per heavy atom. The van der Waals surface area contributed by atoms with Crippen LogP contribution in [0.2, 0.25) is 0 Å². The molecule has 1 aliphatic heterocycles. The van der Waals surface area contributed by atoms with E-state index >= 15 is 0 Å². The first-order chi connectivity index (χ1) is 14.3. The second-order valence-corrected chi connectivity index (χ2v) is 10.7. The summed E-state index contributed by atoms with van der Waals surface area (Å²) >= 11 is 1.21. The van der Waals surface area contributed by atoms with Crippen LogP contribution in [0.1, 0.15) is 24.4 Å². The number of hydrogen-bond donors (Lipinski definition) is 1. The summed E-state index contributed by atoms with van der Waals surface area (Å²) in [6.45, 7) is 1.13. The van der Waals surface area contributed by atoms with E-state index in [4.69, 9.17) is 4.74 Å². The molecule has 1 amide bonds. The van der Waals surface area contributed by atoms with Gasteiger partial charge in [-0.15, -0.1) is 11.3 Å². The summed E-state index contributed by atoms with van der Waals surface area (Å²) in [5.41, 5.74) is 1.08. The summed E-state index contributed by atoms with van der Waals surface area (Å²) in [6.07, 6.45) is 1.37. The molecular formula is C21H29N3O4S2. The Labute approximate surface area is 182 Å². The van der Waals surface area contributed by atoms with Crippen molar-refractivity contribution >= 4 is 27.3 Å². The highest BCUT2D eigenvalue weighted by atomic mass is 32.2. The van der Waals surface area contributed by atoms with Crippen LogP contribution in [0.15, 0.2) is 46.0 Å². The van der Waals surface area contributed by atoms with Crippen LogP contribution in [0.25, 0.3) is 0 Å². The van der Waals surface area contributed by atoms with Gasteiger partial charge in [0, 0.05) is 19.6 Å². The predicted octanol–water partition coefficient (Wildman–Crippen LogP) is 2.58. The number of sulfonamides is 1. The van der Waals surface area contributed by atoms with Crippen molar-refractivity contribution in [1.82, 2.24) is 14.5 Å². The molecule has 1 fully saturated rings. The van der Waals surface area contributed by atoms with Crippen molar-refractivity contribution in [1.29, 1.82) is 0 Å². The predicted molar refractivity (Wildman–Crippen MR) is 118 cm³/mol. The first kappa shape index (κ1) is 22.7. The number of rotatable bonds is 8. The van der Waals surface area contributed by atoms with Gasteiger partial charge in [-0.2, -0.15) is 4.31 Å². The molecule has 0 bridgehead atoms. The molecule has 0 aliphatic carbocycles. The molecule has 9 heteroatoms. The van der Waals surface area contributed by atoms with Gasteiger partial charge in [-0.25, -0.2) is 8.42 Å². The van der Waals surface area contributed by atoms with Gasteiger partial charge in [0.05, 0.1) is 19.1 Å². The molecule has 2 atom stereocenters. The second-order valence-electron chi connectivity index (χ2n) is 7.63. The fourth-order valence-electron chi connectivity index (χ4n) is 3.68. The summed E-state index contributed by atoms with van der Waals surface area (Å²) in [4.78, 5) is 14.9. The van der Waals surface area contributed by atoms with E-state index in [1.165, 1.54) is 15.6 Å². The van der Waals surface area contributed by atoms with Crippen LogP contribution >= 0.6 is 11.3 Å². The minimum Gasteiger partial charge on any atom is -0.497 e. The Bertz CT molecular complexity index is 928. The van der Waals surface area contributed by atoms with Crippen molar-refractivity contribution in [2.45, 2.75) is 23.1 Å². The molecule has 1 aromatic carbocycles. The van der Waals surface area contributed by atoms with E-state index in [2.05, 4.69) is 10.2 Å². The number of likely N-dealkylation sites (N-methyl/N-ethyl adjacent to an activating group) is 1. The molecule has 0 spiro atoms. The molecule has 1 aliphatic rings. The monoisotopic (exact) mass is 451 g/mol. The molecule has 164 valence electrons. The van der Waals surface area contributed by atoms with Crippen molar-refractivity contribution in [3.05, 3.63) is 47.3 Å². The third-order valence-corrected chi connectivity index (χ3v) is 8.68. The first-order valence-corrected chi connectivity index (χ1v) is 12.3. The van der Waals surface area contributed by atoms with Crippen molar-refractivity contribution in [3.63, 3.8) is 0 Å². The zero-order valence-electron chi connectivity index (χ0n) is 17.6. The Morgan fingerprint density at radius 3 is 2.63 bits per heavy atom. The molecule has 2 unspecified atom stereocenters. The van der Waals surface area contributed by atoms with Gasteiger partial charge in [-0.05, 0) is 56.1 Å². The van der Waals surface area contributed by atoms with Gasteiger partial charge in [0.2, 0.25) is 5.91 Å². The number of ether oxygens (including phenoxy) is 1. The third kappa shape index (κ3) is 5.21.